The van der Waals surface area contributed by atoms with Crippen LogP contribution in [0.3, 0.4) is 0 Å². The van der Waals surface area contributed by atoms with Crippen molar-refractivity contribution < 1.29 is 13.2 Å². The highest BCUT2D eigenvalue weighted by Crippen LogP contribution is 2.44. The highest BCUT2D eigenvalue weighted by molar-refractivity contribution is 5.93. The first kappa shape index (κ1) is 23.5. The van der Waals surface area contributed by atoms with Crippen LogP contribution in [0.4, 0.5) is 30.6 Å². The number of nitrogens with zero attached hydrogens (tertiary/aromatic N) is 5. The lowest BCUT2D eigenvalue weighted by molar-refractivity contribution is 0.368. The van der Waals surface area contributed by atoms with Crippen LogP contribution < -0.4 is 16.0 Å². The zero-order valence-electron chi connectivity index (χ0n) is 20.1. The first-order chi connectivity index (χ1) is 18.0. The van der Waals surface area contributed by atoms with Gasteiger partial charge in [-0.25, -0.2) is 19.3 Å². The van der Waals surface area contributed by atoms with Crippen LogP contribution in [-0.2, 0) is 0 Å². The van der Waals surface area contributed by atoms with Gasteiger partial charge in [0.15, 0.2) is 17.5 Å². The third-order valence-electron chi connectivity index (χ3n) is 6.91. The van der Waals surface area contributed by atoms with Gasteiger partial charge in [0, 0.05) is 35.5 Å². The standard InChI is InChI=1S/C26H25F3N8/c1-13-10-30-6-5-18(13)33-25-22-16(14-2-3-14)11-31-12-19(22)34-24(37-25)15-4-7-32-21(8-15)36-26-23(29)17(27)9-20(28)35-26/h4,7-9,11-14,18,30H,2-3,5-6,10H2,1H3,(H,32,35,36)(H,33,34,37). The summed E-state index contributed by atoms with van der Waals surface area (Å²) < 4.78 is 41.3. The highest BCUT2D eigenvalue weighted by atomic mass is 19.2. The molecule has 2 aliphatic rings. The Morgan fingerprint density at radius 3 is 2.68 bits per heavy atom. The van der Waals surface area contributed by atoms with E-state index in [4.69, 9.17) is 9.97 Å². The van der Waals surface area contributed by atoms with Crippen molar-refractivity contribution in [1.29, 1.82) is 0 Å². The molecular formula is C26H25F3N8. The summed E-state index contributed by atoms with van der Waals surface area (Å²) in [6, 6.07) is 3.94. The predicted octanol–water partition coefficient (Wildman–Crippen LogP) is 4.93. The van der Waals surface area contributed by atoms with E-state index < -0.39 is 23.4 Å². The van der Waals surface area contributed by atoms with E-state index in [1.54, 1.807) is 18.3 Å². The molecule has 190 valence electrons. The SMILES string of the molecule is CC1CNCCC1Nc1nc(-c2ccnc(Nc3nc(F)cc(F)c3F)c2)nc2cncc(C3CC3)c12. The van der Waals surface area contributed by atoms with Gasteiger partial charge in [-0.05, 0) is 61.9 Å². The van der Waals surface area contributed by atoms with E-state index in [0.717, 1.165) is 54.6 Å². The van der Waals surface area contributed by atoms with Crippen LogP contribution >= 0.6 is 0 Å². The molecule has 37 heavy (non-hydrogen) atoms. The minimum Gasteiger partial charge on any atom is -0.366 e. The van der Waals surface area contributed by atoms with Crippen molar-refractivity contribution in [1.82, 2.24) is 30.2 Å². The average Bonchev–Trinajstić information content (AvgIpc) is 3.74. The third kappa shape index (κ3) is 4.78. The van der Waals surface area contributed by atoms with Gasteiger partial charge in [0.05, 0.1) is 11.7 Å². The lowest BCUT2D eigenvalue weighted by Crippen LogP contribution is -2.42. The second-order valence-corrected chi connectivity index (χ2v) is 9.66. The molecule has 1 aliphatic carbocycles. The average molecular weight is 507 g/mol. The molecule has 1 saturated heterocycles. The second-order valence-electron chi connectivity index (χ2n) is 9.66. The summed E-state index contributed by atoms with van der Waals surface area (Å²) >= 11 is 0. The molecule has 0 radical (unpaired) electrons. The highest BCUT2D eigenvalue weighted by Gasteiger charge is 2.29. The van der Waals surface area contributed by atoms with Crippen LogP contribution in [0.5, 0.6) is 0 Å². The minimum atomic E-state index is -1.34. The van der Waals surface area contributed by atoms with E-state index in [1.165, 1.54) is 6.20 Å². The molecule has 3 N–H and O–H groups in total. The van der Waals surface area contributed by atoms with Gasteiger partial charge < -0.3 is 16.0 Å². The fourth-order valence-electron chi connectivity index (χ4n) is 4.76. The number of hydrogen-bond donors (Lipinski definition) is 3. The topological polar surface area (TPSA) is 101 Å². The number of anilines is 3. The molecule has 5 heterocycles. The summed E-state index contributed by atoms with van der Waals surface area (Å²) in [6.45, 7) is 4.06. The van der Waals surface area contributed by atoms with E-state index in [-0.39, 0.29) is 11.9 Å². The van der Waals surface area contributed by atoms with E-state index in [1.807, 2.05) is 6.20 Å². The number of hydrogen-bond acceptors (Lipinski definition) is 8. The van der Waals surface area contributed by atoms with Crippen LogP contribution in [0, 0.1) is 23.5 Å². The molecular weight excluding hydrogens is 481 g/mol. The number of pyridine rings is 3. The summed E-state index contributed by atoms with van der Waals surface area (Å²) in [5.74, 6) is -2.17. The van der Waals surface area contributed by atoms with Crippen LogP contribution in [0.15, 0.2) is 36.8 Å². The zero-order chi connectivity index (χ0) is 25.5. The summed E-state index contributed by atoms with van der Waals surface area (Å²) in [5, 5.41) is 10.7. The summed E-state index contributed by atoms with van der Waals surface area (Å²) in [5.41, 5.74) is 2.47. The Morgan fingerprint density at radius 2 is 1.86 bits per heavy atom. The lowest BCUT2D eigenvalue weighted by Gasteiger charge is -2.31. The number of rotatable bonds is 6. The van der Waals surface area contributed by atoms with E-state index in [2.05, 4.69) is 37.8 Å². The molecule has 0 amide bonds. The first-order valence-electron chi connectivity index (χ1n) is 12.3. The van der Waals surface area contributed by atoms with Crippen molar-refractivity contribution >= 4 is 28.4 Å². The summed E-state index contributed by atoms with van der Waals surface area (Å²) in [7, 11) is 0. The molecule has 2 unspecified atom stereocenters. The van der Waals surface area contributed by atoms with Gasteiger partial charge >= 0.3 is 0 Å². The Labute approximate surface area is 211 Å². The van der Waals surface area contributed by atoms with E-state index >= 15 is 0 Å². The Bertz CT molecular complexity index is 1480. The van der Waals surface area contributed by atoms with Crippen LogP contribution in [0.1, 0.15) is 37.7 Å². The first-order valence-corrected chi connectivity index (χ1v) is 12.3. The Hall–Kier alpha value is -3.86. The molecule has 8 nitrogen and oxygen atoms in total. The van der Waals surface area contributed by atoms with Crippen molar-refractivity contribution in [2.45, 2.75) is 38.1 Å². The number of piperidine rings is 1. The fraction of sp³-hybridized carbons (Fsp3) is 0.346. The molecule has 11 heteroatoms. The molecule has 2 atom stereocenters. The fourth-order valence-corrected chi connectivity index (χ4v) is 4.76. The molecule has 2 fully saturated rings. The van der Waals surface area contributed by atoms with E-state index in [9.17, 15) is 13.2 Å². The zero-order valence-corrected chi connectivity index (χ0v) is 20.1. The van der Waals surface area contributed by atoms with Crippen molar-refractivity contribution in [3.05, 3.63) is 59.9 Å². The van der Waals surface area contributed by atoms with Gasteiger partial charge in [0.1, 0.15) is 11.6 Å². The third-order valence-corrected chi connectivity index (χ3v) is 6.91. The van der Waals surface area contributed by atoms with Crippen molar-refractivity contribution in [3.63, 3.8) is 0 Å². The molecule has 6 rings (SSSR count). The Morgan fingerprint density at radius 1 is 1.00 bits per heavy atom. The number of nitrogens with one attached hydrogen (secondary N) is 3. The van der Waals surface area contributed by atoms with E-state index in [0.29, 0.717) is 29.3 Å². The molecule has 0 bridgehead atoms. The molecule has 0 aromatic carbocycles. The minimum absolute atomic E-state index is 0.143. The molecule has 1 aliphatic heterocycles. The second kappa shape index (κ2) is 9.55. The van der Waals surface area contributed by atoms with Gasteiger partial charge in [-0.3, -0.25) is 4.98 Å². The number of halogens is 3. The Kier molecular flexibility index (Phi) is 6.07. The Balaban J connectivity index is 1.41. The van der Waals surface area contributed by atoms with Crippen LogP contribution in [0.2, 0.25) is 0 Å². The quantitative estimate of drug-likeness (QED) is 0.317. The largest absolute Gasteiger partial charge is 0.366 e. The van der Waals surface area contributed by atoms with Gasteiger partial charge in [-0.15, -0.1) is 0 Å². The number of aromatic nitrogens is 5. The maximum Gasteiger partial charge on any atom is 0.217 e. The molecule has 4 aromatic heterocycles. The predicted molar refractivity (Wildman–Crippen MR) is 134 cm³/mol. The van der Waals surface area contributed by atoms with Gasteiger partial charge in [-0.1, -0.05) is 6.92 Å². The van der Waals surface area contributed by atoms with Crippen LogP contribution in [-0.4, -0.2) is 44.1 Å². The van der Waals surface area contributed by atoms with Crippen molar-refractivity contribution in [2.75, 3.05) is 23.7 Å². The molecule has 4 aromatic rings. The summed E-state index contributed by atoms with van der Waals surface area (Å²) in [4.78, 5) is 21.7. The maximum absolute atomic E-state index is 14.1. The monoisotopic (exact) mass is 506 g/mol. The summed E-state index contributed by atoms with van der Waals surface area (Å²) in [6.07, 6.45) is 8.34. The van der Waals surface area contributed by atoms with Gasteiger partial charge in [0.2, 0.25) is 11.8 Å². The van der Waals surface area contributed by atoms with Crippen molar-refractivity contribution in [3.8, 4) is 11.4 Å². The maximum atomic E-state index is 14.1. The van der Waals surface area contributed by atoms with Crippen LogP contribution in [0.25, 0.3) is 22.3 Å². The lowest BCUT2D eigenvalue weighted by atomic mass is 9.95. The normalized spacial score (nSPS) is 19.7. The molecule has 0 spiro atoms. The molecule has 1 saturated carbocycles. The van der Waals surface area contributed by atoms with Crippen molar-refractivity contribution in [2.24, 2.45) is 5.92 Å². The number of fused-ring (bicyclic) bond motifs is 1. The van der Waals surface area contributed by atoms with Gasteiger partial charge in [-0.2, -0.15) is 13.8 Å². The smallest absolute Gasteiger partial charge is 0.217 e. The van der Waals surface area contributed by atoms with Gasteiger partial charge in [0.25, 0.3) is 0 Å².